The molecule has 3 heterocycles. The first-order valence-corrected chi connectivity index (χ1v) is 10.8. The number of hydrogen-bond acceptors (Lipinski definition) is 5. The maximum Gasteiger partial charge on any atom is 0.322 e. The van der Waals surface area contributed by atoms with Crippen molar-refractivity contribution in [3.05, 3.63) is 59.7 Å². The monoisotopic (exact) mass is 417 g/mol. The van der Waals surface area contributed by atoms with Crippen molar-refractivity contribution in [2.24, 2.45) is 0 Å². The van der Waals surface area contributed by atoms with Gasteiger partial charge in [-0.2, -0.15) is 0 Å². The highest BCUT2D eigenvalue weighted by Crippen LogP contribution is 2.45. The van der Waals surface area contributed by atoms with Crippen LogP contribution in [0.4, 0.5) is 10.5 Å². The first kappa shape index (κ1) is 19.7. The third-order valence-electron chi connectivity index (χ3n) is 7.07. The zero-order valence-corrected chi connectivity index (χ0v) is 18.2. The molecule has 7 heteroatoms. The van der Waals surface area contributed by atoms with Gasteiger partial charge in [0.25, 0.3) is 0 Å². The Hall–Kier alpha value is -3.22. The van der Waals surface area contributed by atoms with Crippen molar-refractivity contribution in [3.63, 3.8) is 0 Å². The van der Waals surface area contributed by atoms with Crippen LogP contribution in [0, 0.1) is 13.8 Å². The van der Waals surface area contributed by atoms with Gasteiger partial charge >= 0.3 is 6.03 Å². The van der Waals surface area contributed by atoms with E-state index in [1.54, 1.807) is 17.3 Å². The quantitative estimate of drug-likeness (QED) is 0.676. The van der Waals surface area contributed by atoms with E-state index in [2.05, 4.69) is 57.7 Å². The number of amides is 2. The first-order chi connectivity index (χ1) is 14.9. The number of urea groups is 1. The Bertz CT molecular complexity index is 1080. The first-order valence-electron chi connectivity index (χ1n) is 10.8. The molecule has 5 rings (SSSR count). The van der Waals surface area contributed by atoms with Crippen LogP contribution in [0.1, 0.15) is 49.6 Å². The van der Waals surface area contributed by atoms with E-state index in [9.17, 15) is 4.79 Å². The van der Waals surface area contributed by atoms with Gasteiger partial charge in [-0.05, 0) is 50.5 Å². The summed E-state index contributed by atoms with van der Waals surface area (Å²) in [7, 11) is 0. The lowest BCUT2D eigenvalue weighted by atomic mass is 9.65. The molecule has 1 spiro atoms. The standard InChI is InChI=1S/C24H27N5O2/c1-16-20(17(2)31-28-16)21-25-13-19(14-26-21)29-15-24(27-22(29)30)11-9-23(3,10-12-24)18-7-5-4-6-8-18/h4-8,13-14H,9-12,15H2,1-3H3,(H,27,30)/t23-,24-. The Labute approximate surface area is 181 Å². The van der Waals surface area contributed by atoms with Crippen LogP contribution in [-0.4, -0.2) is 33.2 Å². The lowest BCUT2D eigenvalue weighted by molar-refractivity contribution is 0.199. The van der Waals surface area contributed by atoms with Gasteiger partial charge in [0.2, 0.25) is 0 Å². The third-order valence-corrected chi connectivity index (χ3v) is 7.07. The number of benzene rings is 1. The molecular formula is C24H27N5O2. The van der Waals surface area contributed by atoms with E-state index in [4.69, 9.17) is 4.52 Å². The summed E-state index contributed by atoms with van der Waals surface area (Å²) in [6.45, 7) is 6.69. The zero-order valence-electron chi connectivity index (χ0n) is 18.2. The molecule has 2 fully saturated rings. The van der Waals surface area contributed by atoms with Crippen LogP contribution in [0.2, 0.25) is 0 Å². The number of carbonyl (C=O) groups excluding carboxylic acids is 1. The maximum atomic E-state index is 12.8. The number of nitrogens with one attached hydrogen (secondary N) is 1. The van der Waals surface area contributed by atoms with E-state index in [1.165, 1.54) is 5.56 Å². The summed E-state index contributed by atoms with van der Waals surface area (Å²) in [6, 6.07) is 10.6. The number of aryl methyl sites for hydroxylation is 2. The molecule has 2 amide bonds. The minimum atomic E-state index is -0.189. The van der Waals surface area contributed by atoms with Crippen molar-refractivity contribution in [2.45, 2.75) is 57.4 Å². The molecule has 2 aromatic heterocycles. The second-order valence-corrected chi connectivity index (χ2v) is 9.19. The summed E-state index contributed by atoms with van der Waals surface area (Å²) >= 11 is 0. The van der Waals surface area contributed by atoms with Gasteiger partial charge in [0.15, 0.2) is 5.82 Å². The Morgan fingerprint density at radius 1 is 1.03 bits per heavy atom. The van der Waals surface area contributed by atoms with Crippen LogP contribution < -0.4 is 10.2 Å². The molecule has 1 aliphatic heterocycles. The van der Waals surface area contributed by atoms with Gasteiger partial charge in [0, 0.05) is 0 Å². The smallest absolute Gasteiger partial charge is 0.322 e. The Kier molecular flexibility index (Phi) is 4.57. The highest BCUT2D eigenvalue weighted by Gasteiger charge is 2.48. The molecule has 1 aliphatic carbocycles. The molecule has 1 aromatic carbocycles. The summed E-state index contributed by atoms with van der Waals surface area (Å²) in [6.07, 6.45) is 7.43. The Balaban J connectivity index is 1.32. The lowest BCUT2D eigenvalue weighted by Crippen LogP contribution is -2.49. The Morgan fingerprint density at radius 2 is 1.71 bits per heavy atom. The lowest BCUT2D eigenvalue weighted by Gasteiger charge is -2.43. The second-order valence-electron chi connectivity index (χ2n) is 9.19. The fraction of sp³-hybridized carbons (Fsp3) is 0.417. The largest absolute Gasteiger partial charge is 0.361 e. The summed E-state index contributed by atoms with van der Waals surface area (Å²) in [5, 5.41) is 7.24. The van der Waals surface area contributed by atoms with Gasteiger partial charge in [0.1, 0.15) is 5.76 Å². The average Bonchev–Trinajstić information content (AvgIpc) is 3.30. The molecule has 1 saturated carbocycles. The van der Waals surface area contributed by atoms with Crippen molar-refractivity contribution in [2.75, 3.05) is 11.4 Å². The van der Waals surface area contributed by atoms with Crippen LogP contribution in [0.5, 0.6) is 0 Å². The molecule has 31 heavy (non-hydrogen) atoms. The number of hydrogen-bond donors (Lipinski definition) is 1. The molecule has 7 nitrogen and oxygen atoms in total. The van der Waals surface area contributed by atoms with Gasteiger partial charge in [0.05, 0.1) is 41.4 Å². The van der Waals surface area contributed by atoms with E-state index >= 15 is 0 Å². The zero-order chi connectivity index (χ0) is 21.6. The molecule has 0 unspecified atom stereocenters. The molecule has 1 N–H and O–H groups in total. The minimum absolute atomic E-state index is 0.0722. The van der Waals surface area contributed by atoms with E-state index in [0.717, 1.165) is 36.9 Å². The third kappa shape index (κ3) is 3.38. The molecule has 2 aliphatic rings. The summed E-state index contributed by atoms with van der Waals surface area (Å²) in [5.74, 6) is 1.25. The van der Waals surface area contributed by atoms with Crippen molar-refractivity contribution >= 4 is 11.7 Å². The highest BCUT2D eigenvalue weighted by atomic mass is 16.5. The van der Waals surface area contributed by atoms with Gasteiger partial charge < -0.3 is 9.84 Å². The predicted octanol–water partition coefficient (Wildman–Crippen LogP) is 4.55. The average molecular weight is 418 g/mol. The van der Waals surface area contributed by atoms with E-state index in [-0.39, 0.29) is 17.0 Å². The van der Waals surface area contributed by atoms with E-state index < -0.39 is 0 Å². The molecule has 0 radical (unpaired) electrons. The van der Waals surface area contributed by atoms with Crippen LogP contribution in [0.15, 0.2) is 47.2 Å². The van der Waals surface area contributed by atoms with Gasteiger partial charge in [-0.3, -0.25) is 4.90 Å². The molecule has 0 atom stereocenters. The topological polar surface area (TPSA) is 84.2 Å². The number of aromatic nitrogens is 3. The minimum Gasteiger partial charge on any atom is -0.361 e. The number of nitrogens with zero attached hydrogens (tertiary/aromatic N) is 4. The van der Waals surface area contributed by atoms with Crippen molar-refractivity contribution < 1.29 is 9.32 Å². The summed E-state index contributed by atoms with van der Waals surface area (Å²) in [5.41, 5.74) is 3.62. The summed E-state index contributed by atoms with van der Waals surface area (Å²) in [4.78, 5) is 23.6. The normalized spacial score (nSPS) is 25.8. The highest BCUT2D eigenvalue weighted by molar-refractivity contribution is 5.95. The van der Waals surface area contributed by atoms with Crippen LogP contribution in [0.3, 0.4) is 0 Å². The van der Waals surface area contributed by atoms with Crippen molar-refractivity contribution in [1.82, 2.24) is 20.4 Å². The number of carbonyl (C=O) groups is 1. The second kappa shape index (κ2) is 7.18. The van der Waals surface area contributed by atoms with Crippen molar-refractivity contribution in [3.8, 4) is 11.4 Å². The molecular weight excluding hydrogens is 390 g/mol. The van der Waals surface area contributed by atoms with Gasteiger partial charge in [-0.1, -0.05) is 42.4 Å². The SMILES string of the molecule is Cc1noc(C)c1-c1ncc(N2C[C@]3(CC[C@@](C)(c4ccccc4)CC3)NC2=O)cn1. The van der Waals surface area contributed by atoms with E-state index in [1.807, 2.05) is 13.8 Å². The van der Waals surface area contributed by atoms with Crippen molar-refractivity contribution in [1.29, 1.82) is 0 Å². The molecule has 1 saturated heterocycles. The molecule has 3 aromatic rings. The van der Waals surface area contributed by atoms with Gasteiger partial charge in [-0.15, -0.1) is 0 Å². The summed E-state index contributed by atoms with van der Waals surface area (Å²) < 4.78 is 5.22. The van der Waals surface area contributed by atoms with Crippen LogP contribution in [-0.2, 0) is 5.41 Å². The van der Waals surface area contributed by atoms with Crippen LogP contribution in [0.25, 0.3) is 11.4 Å². The molecule has 160 valence electrons. The van der Waals surface area contributed by atoms with E-state index in [0.29, 0.717) is 23.8 Å². The fourth-order valence-corrected chi connectivity index (χ4v) is 5.00. The van der Waals surface area contributed by atoms with Gasteiger partial charge in [-0.25, -0.2) is 14.8 Å². The number of rotatable bonds is 3. The predicted molar refractivity (Wildman–Crippen MR) is 118 cm³/mol. The molecule has 0 bridgehead atoms. The fourth-order valence-electron chi connectivity index (χ4n) is 5.00. The number of anilines is 1. The Morgan fingerprint density at radius 3 is 2.32 bits per heavy atom. The maximum absolute atomic E-state index is 12.8. The van der Waals surface area contributed by atoms with Crippen LogP contribution >= 0.6 is 0 Å².